The standard InChI is InChI=1S/C13H8O/c14-12-7-6-10-3-1-2-9-4-5-11(8-12)13(9)10/h1-8H. The van der Waals surface area contributed by atoms with Gasteiger partial charge in [0.15, 0.2) is 5.43 Å². The molecule has 66 valence electrons. The second-order valence-electron chi connectivity index (χ2n) is 3.48. The van der Waals surface area contributed by atoms with Crippen molar-refractivity contribution < 1.29 is 0 Å². The molecule has 0 aliphatic heterocycles. The molecule has 1 aliphatic carbocycles. The molecule has 14 heavy (non-hydrogen) atoms. The van der Waals surface area contributed by atoms with Crippen molar-refractivity contribution in [1.82, 2.24) is 0 Å². The maximum Gasteiger partial charge on any atom is 0.179 e. The van der Waals surface area contributed by atoms with Crippen molar-refractivity contribution in [3.8, 4) is 0 Å². The number of hydrogen-bond donors (Lipinski definition) is 0. The Bertz CT molecular complexity index is 609. The Labute approximate surface area is 81.3 Å². The van der Waals surface area contributed by atoms with E-state index in [1.54, 1.807) is 12.1 Å². The highest BCUT2D eigenvalue weighted by Crippen LogP contribution is 2.28. The van der Waals surface area contributed by atoms with Gasteiger partial charge < -0.3 is 0 Å². The molecule has 1 aliphatic rings. The quantitative estimate of drug-likeness (QED) is 0.519. The summed E-state index contributed by atoms with van der Waals surface area (Å²) in [5, 5.41) is 2.32. The van der Waals surface area contributed by atoms with Crippen molar-refractivity contribution in [3.05, 3.63) is 57.7 Å². The molecule has 0 unspecified atom stereocenters. The van der Waals surface area contributed by atoms with Crippen LogP contribution in [0.25, 0.3) is 22.9 Å². The fourth-order valence-corrected chi connectivity index (χ4v) is 1.96. The first-order chi connectivity index (χ1) is 6.84. The number of hydrogen-bond acceptors (Lipinski definition) is 1. The van der Waals surface area contributed by atoms with Crippen LogP contribution in [0.15, 0.2) is 41.2 Å². The second kappa shape index (κ2) is 2.55. The molecular weight excluding hydrogens is 172 g/mol. The minimum Gasteiger partial charge on any atom is -0.290 e. The van der Waals surface area contributed by atoms with Gasteiger partial charge in [-0.05, 0) is 34.0 Å². The molecule has 0 amide bonds. The minimum atomic E-state index is 0.0636. The van der Waals surface area contributed by atoms with Crippen LogP contribution in [0.5, 0.6) is 0 Å². The molecule has 2 aromatic carbocycles. The van der Waals surface area contributed by atoms with Gasteiger partial charge in [-0.2, -0.15) is 0 Å². The fourth-order valence-electron chi connectivity index (χ4n) is 1.96. The summed E-state index contributed by atoms with van der Waals surface area (Å²) >= 11 is 0. The first-order valence-corrected chi connectivity index (χ1v) is 4.60. The zero-order valence-corrected chi connectivity index (χ0v) is 7.53. The molecule has 0 saturated carbocycles. The third-order valence-corrected chi connectivity index (χ3v) is 2.58. The highest BCUT2D eigenvalue weighted by Gasteiger charge is 2.06. The van der Waals surface area contributed by atoms with Crippen molar-refractivity contribution in [1.29, 1.82) is 0 Å². The van der Waals surface area contributed by atoms with Crippen LogP contribution in [0.3, 0.4) is 0 Å². The van der Waals surface area contributed by atoms with E-state index in [1.807, 2.05) is 24.3 Å². The molecule has 0 fully saturated rings. The van der Waals surface area contributed by atoms with Crippen molar-refractivity contribution >= 4 is 22.9 Å². The average Bonchev–Trinajstić information content (AvgIpc) is 2.51. The number of benzene rings is 1. The van der Waals surface area contributed by atoms with Gasteiger partial charge in [-0.1, -0.05) is 36.4 Å². The van der Waals surface area contributed by atoms with Crippen LogP contribution in [0.4, 0.5) is 0 Å². The maximum atomic E-state index is 11.3. The summed E-state index contributed by atoms with van der Waals surface area (Å²) in [5.74, 6) is 0. The third kappa shape index (κ3) is 0.925. The Hall–Kier alpha value is -1.89. The average molecular weight is 180 g/mol. The van der Waals surface area contributed by atoms with Crippen molar-refractivity contribution in [3.63, 3.8) is 0 Å². The fraction of sp³-hybridized carbons (Fsp3) is 0. The van der Waals surface area contributed by atoms with Crippen molar-refractivity contribution in [2.75, 3.05) is 0 Å². The molecule has 2 aromatic rings. The van der Waals surface area contributed by atoms with Crippen LogP contribution < -0.4 is 5.43 Å². The topological polar surface area (TPSA) is 17.1 Å². The lowest BCUT2D eigenvalue weighted by molar-refractivity contribution is 1.67. The van der Waals surface area contributed by atoms with E-state index < -0.39 is 0 Å². The summed E-state index contributed by atoms with van der Waals surface area (Å²) in [5.41, 5.74) is 2.30. The lowest BCUT2D eigenvalue weighted by Gasteiger charge is -1.95. The molecule has 0 atom stereocenters. The Morgan fingerprint density at radius 1 is 0.857 bits per heavy atom. The minimum absolute atomic E-state index is 0.0636. The van der Waals surface area contributed by atoms with E-state index in [1.165, 1.54) is 10.9 Å². The van der Waals surface area contributed by atoms with Gasteiger partial charge in [-0.15, -0.1) is 0 Å². The lowest BCUT2D eigenvalue weighted by Crippen LogP contribution is -1.89. The van der Waals surface area contributed by atoms with E-state index in [-0.39, 0.29) is 5.43 Å². The highest BCUT2D eigenvalue weighted by atomic mass is 16.1. The van der Waals surface area contributed by atoms with Crippen molar-refractivity contribution in [2.24, 2.45) is 0 Å². The Morgan fingerprint density at radius 2 is 1.71 bits per heavy atom. The molecular formula is C13H8O. The summed E-state index contributed by atoms with van der Waals surface area (Å²) in [7, 11) is 0. The molecule has 0 radical (unpaired) electrons. The van der Waals surface area contributed by atoms with E-state index in [0.717, 1.165) is 10.9 Å². The first-order valence-electron chi connectivity index (χ1n) is 4.60. The van der Waals surface area contributed by atoms with Gasteiger partial charge in [0.2, 0.25) is 0 Å². The van der Waals surface area contributed by atoms with Gasteiger partial charge in [-0.25, -0.2) is 0 Å². The van der Waals surface area contributed by atoms with Gasteiger partial charge in [0.05, 0.1) is 0 Å². The Kier molecular flexibility index (Phi) is 1.37. The monoisotopic (exact) mass is 180 g/mol. The van der Waals surface area contributed by atoms with E-state index in [2.05, 4.69) is 12.1 Å². The van der Waals surface area contributed by atoms with Crippen LogP contribution in [0, 0.1) is 0 Å². The van der Waals surface area contributed by atoms with Gasteiger partial charge in [0.1, 0.15) is 0 Å². The molecule has 0 bridgehead atoms. The van der Waals surface area contributed by atoms with Gasteiger partial charge in [0, 0.05) is 0 Å². The van der Waals surface area contributed by atoms with Crippen LogP contribution in [0.1, 0.15) is 11.1 Å². The molecule has 3 rings (SSSR count). The summed E-state index contributed by atoms with van der Waals surface area (Å²) in [6.07, 6.45) is 4.05. The molecule has 0 heterocycles. The zero-order valence-electron chi connectivity index (χ0n) is 7.53. The summed E-state index contributed by atoms with van der Waals surface area (Å²) in [4.78, 5) is 11.3. The van der Waals surface area contributed by atoms with Crippen LogP contribution in [-0.2, 0) is 0 Å². The molecule has 0 saturated heterocycles. The maximum absolute atomic E-state index is 11.3. The predicted octanol–water partition coefficient (Wildman–Crippen LogP) is 2.68. The van der Waals surface area contributed by atoms with Crippen LogP contribution >= 0.6 is 0 Å². The van der Waals surface area contributed by atoms with Gasteiger partial charge in [0.25, 0.3) is 0 Å². The van der Waals surface area contributed by atoms with Gasteiger partial charge >= 0.3 is 0 Å². The van der Waals surface area contributed by atoms with E-state index >= 15 is 0 Å². The van der Waals surface area contributed by atoms with Gasteiger partial charge in [-0.3, -0.25) is 4.79 Å². The second-order valence-corrected chi connectivity index (χ2v) is 3.48. The predicted molar refractivity (Wildman–Crippen MR) is 59.1 cm³/mol. The van der Waals surface area contributed by atoms with E-state index in [9.17, 15) is 4.79 Å². The summed E-state index contributed by atoms with van der Waals surface area (Å²) in [6, 6.07) is 11.3. The largest absolute Gasteiger partial charge is 0.290 e. The molecule has 0 aromatic heterocycles. The molecule has 0 N–H and O–H groups in total. The van der Waals surface area contributed by atoms with E-state index in [4.69, 9.17) is 0 Å². The lowest BCUT2D eigenvalue weighted by atomic mass is 10.1. The van der Waals surface area contributed by atoms with E-state index in [0.29, 0.717) is 0 Å². The number of rotatable bonds is 0. The van der Waals surface area contributed by atoms with Crippen LogP contribution in [0.2, 0.25) is 0 Å². The summed E-state index contributed by atoms with van der Waals surface area (Å²) < 4.78 is 0. The Morgan fingerprint density at radius 3 is 2.64 bits per heavy atom. The third-order valence-electron chi connectivity index (χ3n) is 2.58. The first kappa shape index (κ1) is 7.51. The molecule has 0 spiro atoms. The van der Waals surface area contributed by atoms with Crippen molar-refractivity contribution in [2.45, 2.75) is 0 Å². The highest BCUT2D eigenvalue weighted by molar-refractivity contribution is 6.04. The smallest absolute Gasteiger partial charge is 0.179 e. The van der Waals surface area contributed by atoms with Crippen LogP contribution in [-0.4, -0.2) is 0 Å². The summed E-state index contributed by atoms with van der Waals surface area (Å²) in [6.45, 7) is 0. The molecule has 1 nitrogen and oxygen atoms in total. The normalized spacial score (nSPS) is 12.3. The zero-order chi connectivity index (χ0) is 9.54. The molecule has 1 heteroatoms. The Balaban J connectivity index is 2.67. The SMILES string of the molecule is O=c1ccc2cccc3c2c(c1)C=C3.